The van der Waals surface area contributed by atoms with Crippen LogP contribution in [0, 0.1) is 6.92 Å². The first-order valence-corrected chi connectivity index (χ1v) is 6.67. The van der Waals surface area contributed by atoms with Gasteiger partial charge in [0, 0.05) is 5.56 Å². The van der Waals surface area contributed by atoms with Gasteiger partial charge < -0.3 is 9.47 Å². The van der Waals surface area contributed by atoms with Gasteiger partial charge in [-0.2, -0.15) is 0 Å². The SMILES string of the molecule is Cc1cccc(CCl)c1OCC1CCC(C)O1. The van der Waals surface area contributed by atoms with Gasteiger partial charge >= 0.3 is 0 Å². The standard InChI is InChI=1S/C14H19ClO2/c1-10-4-3-5-12(8-15)14(10)16-9-13-7-6-11(2)17-13/h3-5,11,13H,6-9H2,1-2H3. The van der Waals surface area contributed by atoms with Gasteiger partial charge in [0.05, 0.1) is 18.1 Å². The first-order chi connectivity index (χ1) is 8.20. The fourth-order valence-corrected chi connectivity index (χ4v) is 2.42. The van der Waals surface area contributed by atoms with Gasteiger partial charge in [-0.05, 0) is 32.3 Å². The minimum Gasteiger partial charge on any atom is -0.490 e. The normalized spacial score (nSPS) is 23.9. The molecule has 17 heavy (non-hydrogen) atoms. The molecule has 1 aliphatic rings. The third-order valence-electron chi connectivity index (χ3n) is 3.17. The van der Waals surface area contributed by atoms with Gasteiger partial charge in [-0.15, -0.1) is 11.6 Å². The number of aryl methyl sites for hydroxylation is 1. The summed E-state index contributed by atoms with van der Waals surface area (Å²) < 4.78 is 11.6. The van der Waals surface area contributed by atoms with Crippen LogP contribution in [-0.4, -0.2) is 18.8 Å². The third kappa shape index (κ3) is 3.14. The highest BCUT2D eigenvalue weighted by Crippen LogP contribution is 2.26. The van der Waals surface area contributed by atoms with E-state index in [1.54, 1.807) is 0 Å². The molecule has 1 aromatic rings. The Hall–Kier alpha value is -0.730. The summed E-state index contributed by atoms with van der Waals surface area (Å²) in [5, 5.41) is 0. The van der Waals surface area contributed by atoms with E-state index in [4.69, 9.17) is 21.1 Å². The molecule has 0 radical (unpaired) electrons. The maximum Gasteiger partial charge on any atom is 0.126 e. The van der Waals surface area contributed by atoms with Crippen LogP contribution in [-0.2, 0) is 10.6 Å². The van der Waals surface area contributed by atoms with Crippen molar-refractivity contribution in [3.63, 3.8) is 0 Å². The molecule has 2 rings (SSSR count). The van der Waals surface area contributed by atoms with E-state index in [1.807, 2.05) is 25.1 Å². The lowest BCUT2D eigenvalue weighted by Gasteiger charge is -2.16. The minimum atomic E-state index is 0.229. The Morgan fingerprint density at radius 1 is 1.41 bits per heavy atom. The molecule has 0 saturated carbocycles. The van der Waals surface area contributed by atoms with E-state index in [1.165, 1.54) is 0 Å². The topological polar surface area (TPSA) is 18.5 Å². The molecular formula is C14H19ClO2. The summed E-state index contributed by atoms with van der Waals surface area (Å²) >= 11 is 5.91. The number of alkyl halides is 1. The number of halogens is 1. The molecule has 3 heteroatoms. The molecule has 2 atom stereocenters. The van der Waals surface area contributed by atoms with Crippen molar-refractivity contribution in [3.8, 4) is 5.75 Å². The average molecular weight is 255 g/mol. The molecule has 94 valence electrons. The molecule has 1 aliphatic heterocycles. The van der Waals surface area contributed by atoms with Gasteiger partial charge in [0.2, 0.25) is 0 Å². The number of para-hydroxylation sites is 1. The zero-order chi connectivity index (χ0) is 12.3. The second-order valence-corrected chi connectivity index (χ2v) is 4.92. The van der Waals surface area contributed by atoms with Gasteiger partial charge in [0.25, 0.3) is 0 Å². The number of hydrogen-bond acceptors (Lipinski definition) is 2. The minimum absolute atomic E-state index is 0.229. The van der Waals surface area contributed by atoms with Crippen molar-refractivity contribution in [2.45, 2.75) is 44.8 Å². The van der Waals surface area contributed by atoms with Gasteiger partial charge in [-0.3, -0.25) is 0 Å². The highest BCUT2D eigenvalue weighted by Gasteiger charge is 2.22. The quantitative estimate of drug-likeness (QED) is 0.763. The largest absolute Gasteiger partial charge is 0.490 e. The Balaban J connectivity index is 1.98. The summed E-state index contributed by atoms with van der Waals surface area (Å²) in [6, 6.07) is 6.06. The maximum absolute atomic E-state index is 5.91. The van der Waals surface area contributed by atoms with Crippen LogP contribution in [0.25, 0.3) is 0 Å². The molecule has 1 fully saturated rings. The molecule has 0 N–H and O–H groups in total. The smallest absolute Gasteiger partial charge is 0.126 e. The lowest BCUT2D eigenvalue weighted by Crippen LogP contribution is -2.18. The molecule has 1 saturated heterocycles. The first-order valence-electron chi connectivity index (χ1n) is 6.13. The Bertz CT molecular complexity index is 378. The lowest BCUT2D eigenvalue weighted by molar-refractivity contribution is 0.0261. The predicted octanol–water partition coefficient (Wildman–Crippen LogP) is 3.68. The monoisotopic (exact) mass is 254 g/mol. The summed E-state index contributed by atoms with van der Waals surface area (Å²) in [6.45, 7) is 4.78. The van der Waals surface area contributed by atoms with Gasteiger partial charge in [0.1, 0.15) is 12.4 Å². The molecule has 1 heterocycles. The molecule has 2 unspecified atom stereocenters. The van der Waals surface area contributed by atoms with E-state index in [0.29, 0.717) is 18.6 Å². The van der Waals surface area contributed by atoms with Crippen LogP contribution in [0.5, 0.6) is 5.75 Å². The molecule has 0 spiro atoms. The molecule has 0 aliphatic carbocycles. The first kappa shape index (κ1) is 12.7. The molecule has 0 amide bonds. The lowest BCUT2D eigenvalue weighted by atomic mass is 10.1. The van der Waals surface area contributed by atoms with Crippen molar-refractivity contribution in [2.24, 2.45) is 0 Å². The summed E-state index contributed by atoms with van der Waals surface area (Å²) in [5.74, 6) is 1.41. The van der Waals surface area contributed by atoms with Crippen molar-refractivity contribution >= 4 is 11.6 Å². The maximum atomic E-state index is 5.91. The molecule has 0 bridgehead atoms. The van der Waals surface area contributed by atoms with Crippen molar-refractivity contribution in [2.75, 3.05) is 6.61 Å². The Labute approximate surface area is 108 Å². The van der Waals surface area contributed by atoms with E-state index < -0.39 is 0 Å². The van der Waals surface area contributed by atoms with E-state index in [2.05, 4.69) is 6.92 Å². The fraction of sp³-hybridized carbons (Fsp3) is 0.571. The number of ether oxygens (including phenoxy) is 2. The van der Waals surface area contributed by atoms with Crippen molar-refractivity contribution in [3.05, 3.63) is 29.3 Å². The van der Waals surface area contributed by atoms with E-state index in [-0.39, 0.29) is 6.10 Å². The summed E-state index contributed by atoms with van der Waals surface area (Å²) in [4.78, 5) is 0. The Morgan fingerprint density at radius 2 is 2.24 bits per heavy atom. The van der Waals surface area contributed by atoms with Gasteiger partial charge in [0.15, 0.2) is 0 Å². The van der Waals surface area contributed by atoms with Crippen LogP contribution in [0.15, 0.2) is 18.2 Å². The van der Waals surface area contributed by atoms with E-state index in [0.717, 1.165) is 29.7 Å². The number of rotatable bonds is 4. The predicted molar refractivity (Wildman–Crippen MR) is 69.8 cm³/mol. The molecule has 2 nitrogen and oxygen atoms in total. The van der Waals surface area contributed by atoms with Gasteiger partial charge in [-0.1, -0.05) is 18.2 Å². The molecule has 0 aromatic heterocycles. The number of hydrogen-bond donors (Lipinski definition) is 0. The average Bonchev–Trinajstić information content (AvgIpc) is 2.73. The van der Waals surface area contributed by atoms with Gasteiger partial charge in [-0.25, -0.2) is 0 Å². The summed E-state index contributed by atoms with van der Waals surface area (Å²) in [5.41, 5.74) is 2.19. The third-order valence-corrected chi connectivity index (χ3v) is 3.46. The van der Waals surface area contributed by atoms with Crippen LogP contribution in [0.1, 0.15) is 30.9 Å². The van der Waals surface area contributed by atoms with Crippen LogP contribution in [0.3, 0.4) is 0 Å². The second-order valence-electron chi connectivity index (χ2n) is 4.65. The highest BCUT2D eigenvalue weighted by atomic mass is 35.5. The van der Waals surface area contributed by atoms with E-state index >= 15 is 0 Å². The second kappa shape index (κ2) is 5.74. The van der Waals surface area contributed by atoms with Crippen molar-refractivity contribution in [1.82, 2.24) is 0 Å². The number of benzene rings is 1. The summed E-state index contributed by atoms with van der Waals surface area (Å²) in [7, 11) is 0. The van der Waals surface area contributed by atoms with Crippen LogP contribution in [0.2, 0.25) is 0 Å². The van der Waals surface area contributed by atoms with E-state index in [9.17, 15) is 0 Å². The van der Waals surface area contributed by atoms with Crippen molar-refractivity contribution < 1.29 is 9.47 Å². The summed E-state index contributed by atoms with van der Waals surface area (Å²) in [6.07, 6.45) is 2.81. The van der Waals surface area contributed by atoms with Crippen LogP contribution < -0.4 is 4.74 Å². The van der Waals surface area contributed by atoms with Crippen molar-refractivity contribution in [1.29, 1.82) is 0 Å². The zero-order valence-corrected chi connectivity index (χ0v) is 11.2. The Morgan fingerprint density at radius 3 is 2.88 bits per heavy atom. The Kier molecular flexibility index (Phi) is 4.30. The molecule has 1 aromatic carbocycles. The highest BCUT2D eigenvalue weighted by molar-refractivity contribution is 6.17. The van der Waals surface area contributed by atoms with Crippen LogP contribution in [0.4, 0.5) is 0 Å². The zero-order valence-electron chi connectivity index (χ0n) is 10.4. The fourth-order valence-electron chi connectivity index (χ4n) is 2.21. The van der Waals surface area contributed by atoms with Crippen LogP contribution >= 0.6 is 11.6 Å². The molecular weight excluding hydrogens is 236 g/mol.